The lowest BCUT2D eigenvalue weighted by Crippen LogP contribution is -1.78. The average molecular weight is 241 g/mol. The van der Waals surface area contributed by atoms with Crippen molar-refractivity contribution in [1.29, 1.82) is 0 Å². The Balaban J connectivity index is 2.45. The average Bonchev–Trinajstić information content (AvgIpc) is 2.54. The molecule has 0 fully saturated rings. The molecular weight excluding hydrogens is 236 g/mol. The molecule has 0 N–H and O–H groups in total. The molecule has 0 amide bonds. The number of halogens is 1. The smallest absolute Gasteiger partial charge is 0.142 e. The molecular formula is C8H5BrN2S. The molecule has 0 aliphatic rings. The van der Waals surface area contributed by atoms with E-state index in [-0.39, 0.29) is 0 Å². The molecule has 0 saturated heterocycles. The van der Waals surface area contributed by atoms with Crippen LogP contribution in [0.2, 0.25) is 0 Å². The molecule has 0 unspecified atom stereocenters. The highest BCUT2D eigenvalue weighted by molar-refractivity contribution is 9.11. The van der Waals surface area contributed by atoms with E-state index in [1.807, 2.05) is 18.2 Å². The summed E-state index contributed by atoms with van der Waals surface area (Å²) in [5, 5.41) is 0.947. The number of nitrogens with zero attached hydrogens (tertiary/aromatic N) is 2. The zero-order chi connectivity index (χ0) is 8.39. The second-order valence-corrected chi connectivity index (χ2v) is 4.59. The van der Waals surface area contributed by atoms with E-state index in [0.29, 0.717) is 0 Å². The van der Waals surface area contributed by atoms with E-state index in [9.17, 15) is 0 Å². The maximum atomic E-state index is 4.20. The van der Waals surface area contributed by atoms with Crippen molar-refractivity contribution in [2.24, 2.45) is 0 Å². The lowest BCUT2D eigenvalue weighted by atomic mass is 10.4. The lowest BCUT2D eigenvalue weighted by Gasteiger charge is -1.90. The van der Waals surface area contributed by atoms with Crippen molar-refractivity contribution in [3.05, 3.63) is 34.4 Å². The van der Waals surface area contributed by atoms with E-state index in [4.69, 9.17) is 0 Å². The van der Waals surface area contributed by atoms with Gasteiger partial charge in [0.15, 0.2) is 0 Å². The first-order valence-corrected chi connectivity index (χ1v) is 5.00. The number of pyridine rings is 1. The van der Waals surface area contributed by atoms with E-state index >= 15 is 0 Å². The second-order valence-electron chi connectivity index (χ2n) is 2.18. The minimum Gasteiger partial charge on any atom is -0.254 e. The van der Waals surface area contributed by atoms with Crippen molar-refractivity contribution in [3.8, 4) is 10.7 Å². The van der Waals surface area contributed by atoms with Crippen molar-refractivity contribution in [3.63, 3.8) is 0 Å². The van der Waals surface area contributed by atoms with Gasteiger partial charge in [-0.25, -0.2) is 4.98 Å². The highest BCUT2D eigenvalue weighted by Crippen LogP contribution is 2.26. The fraction of sp³-hybridized carbons (Fsp3) is 0. The standard InChI is InChI=1S/C8H5BrN2S/c9-7-5-11-8(12-7)6-3-1-2-4-10-6/h1-5H. The zero-order valence-electron chi connectivity index (χ0n) is 6.07. The van der Waals surface area contributed by atoms with E-state index < -0.39 is 0 Å². The van der Waals surface area contributed by atoms with Crippen molar-refractivity contribution in [2.45, 2.75) is 0 Å². The third-order valence-electron chi connectivity index (χ3n) is 1.36. The molecule has 0 atom stereocenters. The van der Waals surface area contributed by atoms with Crippen molar-refractivity contribution < 1.29 is 0 Å². The van der Waals surface area contributed by atoms with Crippen LogP contribution in [0.25, 0.3) is 10.7 Å². The highest BCUT2D eigenvalue weighted by atomic mass is 79.9. The van der Waals surface area contributed by atoms with Crippen LogP contribution in [0.5, 0.6) is 0 Å². The van der Waals surface area contributed by atoms with Gasteiger partial charge in [0.2, 0.25) is 0 Å². The molecule has 4 heteroatoms. The van der Waals surface area contributed by atoms with Crippen LogP contribution in [0.4, 0.5) is 0 Å². The Kier molecular flexibility index (Phi) is 2.19. The Morgan fingerprint density at radius 2 is 2.17 bits per heavy atom. The molecule has 2 aromatic rings. The number of thiazole rings is 1. The van der Waals surface area contributed by atoms with Gasteiger partial charge in [-0.2, -0.15) is 0 Å². The first kappa shape index (κ1) is 7.89. The largest absolute Gasteiger partial charge is 0.254 e. The van der Waals surface area contributed by atoms with Crippen molar-refractivity contribution in [2.75, 3.05) is 0 Å². The summed E-state index contributed by atoms with van der Waals surface area (Å²) >= 11 is 4.94. The summed E-state index contributed by atoms with van der Waals surface area (Å²) in [6.07, 6.45) is 3.55. The van der Waals surface area contributed by atoms with Gasteiger partial charge in [-0.15, -0.1) is 11.3 Å². The van der Waals surface area contributed by atoms with Gasteiger partial charge in [-0.1, -0.05) is 6.07 Å². The van der Waals surface area contributed by atoms with Gasteiger partial charge in [-0.3, -0.25) is 4.98 Å². The fourth-order valence-electron chi connectivity index (χ4n) is 0.862. The minimum atomic E-state index is 0.924. The zero-order valence-corrected chi connectivity index (χ0v) is 8.47. The van der Waals surface area contributed by atoms with E-state index in [1.165, 1.54) is 0 Å². The van der Waals surface area contributed by atoms with Gasteiger partial charge >= 0.3 is 0 Å². The quantitative estimate of drug-likeness (QED) is 0.767. The monoisotopic (exact) mass is 240 g/mol. The number of rotatable bonds is 1. The summed E-state index contributed by atoms with van der Waals surface area (Å²) in [7, 11) is 0. The molecule has 60 valence electrons. The van der Waals surface area contributed by atoms with Crippen LogP contribution in [-0.2, 0) is 0 Å². The third kappa shape index (κ3) is 1.54. The number of hydrogen-bond acceptors (Lipinski definition) is 3. The first-order valence-electron chi connectivity index (χ1n) is 3.39. The van der Waals surface area contributed by atoms with E-state index in [0.717, 1.165) is 14.5 Å². The Labute approximate surface area is 82.4 Å². The van der Waals surface area contributed by atoms with Crippen molar-refractivity contribution >= 4 is 27.3 Å². The molecule has 0 spiro atoms. The molecule has 0 aliphatic carbocycles. The Bertz CT molecular complexity index is 372. The number of hydrogen-bond donors (Lipinski definition) is 0. The molecule has 2 heterocycles. The molecule has 0 aromatic carbocycles. The van der Waals surface area contributed by atoms with Crippen LogP contribution < -0.4 is 0 Å². The van der Waals surface area contributed by atoms with Crippen LogP contribution >= 0.6 is 27.3 Å². The Hall–Kier alpha value is -0.740. The summed E-state index contributed by atoms with van der Waals surface area (Å²) in [6, 6.07) is 5.80. The van der Waals surface area contributed by atoms with Gasteiger partial charge in [0, 0.05) is 6.20 Å². The van der Waals surface area contributed by atoms with Gasteiger partial charge in [0.1, 0.15) is 5.01 Å². The summed E-state index contributed by atoms with van der Waals surface area (Å²) in [5.41, 5.74) is 0.924. The highest BCUT2D eigenvalue weighted by Gasteiger charge is 2.02. The van der Waals surface area contributed by atoms with Gasteiger partial charge in [-0.05, 0) is 28.1 Å². The summed E-state index contributed by atoms with van der Waals surface area (Å²) in [5.74, 6) is 0. The molecule has 0 bridgehead atoms. The summed E-state index contributed by atoms with van der Waals surface area (Å²) in [4.78, 5) is 8.38. The molecule has 0 saturated carbocycles. The topological polar surface area (TPSA) is 25.8 Å². The summed E-state index contributed by atoms with van der Waals surface area (Å²) in [6.45, 7) is 0. The van der Waals surface area contributed by atoms with Gasteiger partial charge in [0.25, 0.3) is 0 Å². The molecule has 0 radical (unpaired) electrons. The molecule has 0 aliphatic heterocycles. The Morgan fingerprint density at radius 3 is 2.75 bits per heavy atom. The SMILES string of the molecule is Brc1cnc(-c2ccccn2)s1. The van der Waals surface area contributed by atoms with Crippen molar-refractivity contribution in [1.82, 2.24) is 9.97 Å². The van der Waals surface area contributed by atoms with Gasteiger partial charge in [0.05, 0.1) is 15.7 Å². The molecule has 2 rings (SSSR count). The third-order valence-corrected chi connectivity index (χ3v) is 2.86. The maximum absolute atomic E-state index is 4.20. The predicted octanol–water partition coefficient (Wildman–Crippen LogP) is 2.97. The van der Waals surface area contributed by atoms with Crippen LogP contribution in [-0.4, -0.2) is 9.97 Å². The maximum Gasteiger partial charge on any atom is 0.142 e. The second kappa shape index (κ2) is 3.33. The van der Waals surface area contributed by atoms with E-state index in [1.54, 1.807) is 23.7 Å². The minimum absolute atomic E-state index is 0.924. The van der Waals surface area contributed by atoms with Crippen LogP contribution in [0, 0.1) is 0 Å². The fourth-order valence-corrected chi connectivity index (χ4v) is 2.05. The number of aromatic nitrogens is 2. The normalized spacial score (nSPS) is 10.1. The molecule has 2 aromatic heterocycles. The Morgan fingerprint density at radius 1 is 1.25 bits per heavy atom. The van der Waals surface area contributed by atoms with E-state index in [2.05, 4.69) is 25.9 Å². The van der Waals surface area contributed by atoms with Crippen LogP contribution in [0.15, 0.2) is 34.4 Å². The molecule has 2 nitrogen and oxygen atoms in total. The van der Waals surface area contributed by atoms with Crippen LogP contribution in [0.1, 0.15) is 0 Å². The van der Waals surface area contributed by atoms with Crippen LogP contribution in [0.3, 0.4) is 0 Å². The summed E-state index contributed by atoms with van der Waals surface area (Å²) < 4.78 is 1.03. The molecule has 12 heavy (non-hydrogen) atoms. The predicted molar refractivity (Wildman–Crippen MR) is 53.0 cm³/mol. The first-order chi connectivity index (χ1) is 5.86. The lowest BCUT2D eigenvalue weighted by molar-refractivity contribution is 1.29. The van der Waals surface area contributed by atoms with Gasteiger partial charge < -0.3 is 0 Å².